The van der Waals surface area contributed by atoms with Crippen molar-refractivity contribution >= 4 is 11.9 Å². The summed E-state index contributed by atoms with van der Waals surface area (Å²) in [7, 11) is 0. The largest absolute Gasteiger partial charge is 0.457 e. The lowest BCUT2D eigenvalue weighted by molar-refractivity contribution is -0.202. The fourth-order valence-corrected chi connectivity index (χ4v) is 2.09. The van der Waals surface area contributed by atoms with E-state index < -0.39 is 23.7 Å². The SMILES string of the molecule is CC(C)[C@@H](O)[C@@]12NC(=O)C[C@@H]1OC2=O. The highest BCUT2D eigenvalue weighted by Crippen LogP contribution is 2.39. The van der Waals surface area contributed by atoms with Crippen molar-refractivity contribution in [3.63, 3.8) is 0 Å². The number of aliphatic hydroxyl groups is 1. The van der Waals surface area contributed by atoms with Gasteiger partial charge in [0.15, 0.2) is 0 Å². The number of amides is 1. The van der Waals surface area contributed by atoms with Crippen LogP contribution in [-0.4, -0.2) is 34.7 Å². The van der Waals surface area contributed by atoms with Crippen LogP contribution in [-0.2, 0) is 14.3 Å². The van der Waals surface area contributed by atoms with Gasteiger partial charge in [0, 0.05) is 0 Å². The monoisotopic (exact) mass is 199 g/mol. The van der Waals surface area contributed by atoms with Crippen LogP contribution in [0.15, 0.2) is 0 Å². The molecule has 2 aliphatic heterocycles. The van der Waals surface area contributed by atoms with Gasteiger partial charge < -0.3 is 15.2 Å². The van der Waals surface area contributed by atoms with E-state index in [0.29, 0.717) is 0 Å². The number of rotatable bonds is 2. The first kappa shape index (κ1) is 9.45. The minimum absolute atomic E-state index is 0.0937. The van der Waals surface area contributed by atoms with E-state index in [4.69, 9.17) is 4.74 Å². The van der Waals surface area contributed by atoms with Gasteiger partial charge in [-0.05, 0) is 5.92 Å². The second kappa shape index (κ2) is 2.70. The molecule has 2 N–H and O–H groups in total. The molecular weight excluding hydrogens is 186 g/mol. The molecule has 0 bridgehead atoms. The van der Waals surface area contributed by atoms with Crippen molar-refractivity contribution < 1.29 is 19.4 Å². The Kier molecular flexibility index (Phi) is 1.82. The second-order valence-electron chi connectivity index (χ2n) is 4.20. The summed E-state index contributed by atoms with van der Waals surface area (Å²) < 4.78 is 4.83. The molecule has 0 aromatic carbocycles. The average molecular weight is 199 g/mol. The van der Waals surface area contributed by atoms with E-state index in [1.165, 1.54) is 0 Å². The van der Waals surface area contributed by atoms with E-state index in [1.807, 2.05) is 0 Å². The second-order valence-corrected chi connectivity index (χ2v) is 4.20. The molecular formula is C9H13NO4. The first-order valence-electron chi connectivity index (χ1n) is 4.68. The van der Waals surface area contributed by atoms with Gasteiger partial charge in [0.25, 0.3) is 0 Å². The Balaban J connectivity index is 2.28. The number of ether oxygens (including phenoxy) is 1. The Morgan fingerprint density at radius 3 is 2.64 bits per heavy atom. The molecule has 0 unspecified atom stereocenters. The third kappa shape index (κ3) is 0.930. The van der Waals surface area contributed by atoms with E-state index in [0.717, 1.165) is 0 Å². The number of fused-ring (bicyclic) bond motifs is 1. The van der Waals surface area contributed by atoms with Crippen LogP contribution in [0, 0.1) is 5.92 Å². The topological polar surface area (TPSA) is 75.6 Å². The lowest BCUT2D eigenvalue weighted by atomic mass is 9.78. The zero-order valence-electron chi connectivity index (χ0n) is 8.11. The maximum Gasteiger partial charge on any atom is 0.338 e. The summed E-state index contributed by atoms with van der Waals surface area (Å²) in [5, 5.41) is 12.4. The Morgan fingerprint density at radius 2 is 2.21 bits per heavy atom. The van der Waals surface area contributed by atoms with Gasteiger partial charge in [0.2, 0.25) is 11.4 Å². The predicted molar refractivity (Wildman–Crippen MR) is 46.2 cm³/mol. The lowest BCUT2D eigenvalue weighted by Gasteiger charge is -2.45. The average Bonchev–Trinajstić information content (AvgIpc) is 2.37. The molecule has 14 heavy (non-hydrogen) atoms. The first-order valence-corrected chi connectivity index (χ1v) is 4.68. The van der Waals surface area contributed by atoms with E-state index in [2.05, 4.69) is 5.32 Å². The van der Waals surface area contributed by atoms with Crippen LogP contribution >= 0.6 is 0 Å². The highest BCUT2D eigenvalue weighted by Gasteiger charge is 2.68. The van der Waals surface area contributed by atoms with Crippen LogP contribution < -0.4 is 5.32 Å². The highest BCUT2D eigenvalue weighted by molar-refractivity contribution is 5.98. The zero-order chi connectivity index (χ0) is 10.5. The molecule has 0 aromatic heterocycles. The van der Waals surface area contributed by atoms with E-state index in [9.17, 15) is 14.7 Å². The first-order chi connectivity index (χ1) is 6.48. The van der Waals surface area contributed by atoms with Crippen molar-refractivity contribution in [3.8, 4) is 0 Å². The molecule has 0 aliphatic carbocycles. The van der Waals surface area contributed by atoms with Crippen molar-refractivity contribution in [1.29, 1.82) is 0 Å². The molecule has 1 amide bonds. The molecule has 2 fully saturated rings. The summed E-state index contributed by atoms with van der Waals surface area (Å²) in [4.78, 5) is 22.5. The van der Waals surface area contributed by atoms with Gasteiger partial charge in [-0.25, -0.2) is 4.79 Å². The molecule has 0 aromatic rings. The molecule has 2 aliphatic rings. The van der Waals surface area contributed by atoms with Crippen LogP contribution in [0.2, 0.25) is 0 Å². The number of aliphatic hydroxyl groups excluding tert-OH is 1. The number of carbonyl (C=O) groups excluding carboxylic acids is 2. The Hall–Kier alpha value is -1.10. The molecule has 2 saturated heterocycles. The third-order valence-corrected chi connectivity index (χ3v) is 2.91. The number of esters is 1. The maximum atomic E-state index is 11.3. The predicted octanol–water partition coefficient (Wildman–Crippen LogP) is -0.813. The molecule has 5 nitrogen and oxygen atoms in total. The van der Waals surface area contributed by atoms with E-state index in [-0.39, 0.29) is 18.2 Å². The molecule has 0 spiro atoms. The molecule has 0 radical (unpaired) electrons. The third-order valence-electron chi connectivity index (χ3n) is 2.91. The van der Waals surface area contributed by atoms with Gasteiger partial charge in [-0.3, -0.25) is 4.79 Å². The summed E-state index contributed by atoms with van der Waals surface area (Å²) in [6, 6.07) is 0. The fourth-order valence-electron chi connectivity index (χ4n) is 2.09. The summed E-state index contributed by atoms with van der Waals surface area (Å²) in [6.07, 6.45) is -1.20. The van der Waals surface area contributed by atoms with Gasteiger partial charge in [0.05, 0.1) is 12.5 Å². The van der Waals surface area contributed by atoms with Crippen molar-refractivity contribution in [2.45, 2.75) is 38.0 Å². The Morgan fingerprint density at radius 1 is 1.57 bits per heavy atom. The lowest BCUT2D eigenvalue weighted by Crippen LogP contribution is -2.73. The van der Waals surface area contributed by atoms with Gasteiger partial charge in [-0.2, -0.15) is 0 Å². The van der Waals surface area contributed by atoms with Crippen molar-refractivity contribution in [2.24, 2.45) is 5.92 Å². The van der Waals surface area contributed by atoms with Crippen LogP contribution in [0.3, 0.4) is 0 Å². The highest BCUT2D eigenvalue weighted by atomic mass is 16.6. The summed E-state index contributed by atoms with van der Waals surface area (Å²) in [6.45, 7) is 3.60. The quantitative estimate of drug-likeness (QED) is 0.570. The standard InChI is InChI=1S/C9H13NO4/c1-4(2)7(12)9-5(14-8(9)13)3-6(11)10-9/h4-5,7,12H,3H2,1-2H3,(H,10,11)/t5-,7+,9-/m0/s1. The molecule has 5 heteroatoms. The maximum absolute atomic E-state index is 11.3. The van der Waals surface area contributed by atoms with Crippen LogP contribution in [0.5, 0.6) is 0 Å². The summed E-state index contributed by atoms with van der Waals surface area (Å²) >= 11 is 0. The van der Waals surface area contributed by atoms with E-state index in [1.54, 1.807) is 13.8 Å². The number of hydrogen-bond acceptors (Lipinski definition) is 4. The fraction of sp³-hybridized carbons (Fsp3) is 0.778. The van der Waals surface area contributed by atoms with Crippen molar-refractivity contribution in [3.05, 3.63) is 0 Å². The summed E-state index contributed by atoms with van der Waals surface area (Å²) in [5.74, 6) is -0.848. The van der Waals surface area contributed by atoms with Gasteiger partial charge in [-0.15, -0.1) is 0 Å². The molecule has 2 heterocycles. The van der Waals surface area contributed by atoms with Crippen molar-refractivity contribution in [2.75, 3.05) is 0 Å². The minimum atomic E-state index is -1.16. The smallest absolute Gasteiger partial charge is 0.338 e. The van der Waals surface area contributed by atoms with Crippen LogP contribution in [0.1, 0.15) is 20.3 Å². The Labute approximate surface area is 81.4 Å². The van der Waals surface area contributed by atoms with Gasteiger partial charge in [0.1, 0.15) is 6.10 Å². The summed E-state index contributed by atoms with van der Waals surface area (Å²) in [5.41, 5.74) is -1.16. The molecule has 78 valence electrons. The number of hydrogen-bond donors (Lipinski definition) is 2. The van der Waals surface area contributed by atoms with Crippen molar-refractivity contribution in [1.82, 2.24) is 5.32 Å². The molecule has 2 rings (SSSR count). The zero-order valence-corrected chi connectivity index (χ0v) is 8.11. The van der Waals surface area contributed by atoms with Gasteiger partial charge in [-0.1, -0.05) is 13.8 Å². The van der Waals surface area contributed by atoms with Crippen LogP contribution in [0.25, 0.3) is 0 Å². The van der Waals surface area contributed by atoms with Gasteiger partial charge >= 0.3 is 5.97 Å². The molecule has 0 saturated carbocycles. The number of nitrogens with one attached hydrogen (secondary N) is 1. The van der Waals surface area contributed by atoms with Crippen LogP contribution in [0.4, 0.5) is 0 Å². The Bertz CT molecular complexity index is 301. The number of carbonyl (C=O) groups is 2. The molecule has 3 atom stereocenters. The van der Waals surface area contributed by atoms with E-state index >= 15 is 0 Å². The minimum Gasteiger partial charge on any atom is -0.457 e. The normalized spacial score (nSPS) is 37.3.